The summed E-state index contributed by atoms with van der Waals surface area (Å²) in [5.41, 5.74) is 0. The zero-order valence-electron chi connectivity index (χ0n) is 54.5. The summed E-state index contributed by atoms with van der Waals surface area (Å²) in [7, 11) is -9.89. The summed E-state index contributed by atoms with van der Waals surface area (Å²) in [6.07, 6.45) is 35.0. The molecule has 19 heteroatoms. The molecule has 0 aliphatic heterocycles. The van der Waals surface area contributed by atoms with Gasteiger partial charge in [0, 0.05) is 25.7 Å². The lowest BCUT2D eigenvalue weighted by atomic mass is 10.00. The fraction of sp³-hybridized carbons (Fsp3) is 0.938. The van der Waals surface area contributed by atoms with E-state index in [1.165, 1.54) is 103 Å². The Kier molecular flexibility index (Phi) is 53.9. The molecule has 0 aromatic carbocycles. The van der Waals surface area contributed by atoms with E-state index in [0.29, 0.717) is 37.5 Å². The molecule has 84 heavy (non-hydrogen) atoms. The monoisotopic (exact) mass is 1240 g/mol. The molecular weight excluding hydrogens is 1110 g/mol. The van der Waals surface area contributed by atoms with E-state index >= 15 is 0 Å². The number of carbonyl (C=O) groups excluding carboxylic acids is 4. The lowest BCUT2D eigenvalue weighted by molar-refractivity contribution is -0.161. The Balaban J connectivity index is 5.25. The molecule has 0 radical (unpaired) electrons. The summed E-state index contributed by atoms with van der Waals surface area (Å²) in [6, 6.07) is 0. The van der Waals surface area contributed by atoms with Crippen molar-refractivity contribution < 1.29 is 80.2 Å². The highest BCUT2D eigenvalue weighted by Crippen LogP contribution is 2.45. The summed E-state index contributed by atoms with van der Waals surface area (Å²) in [5, 5.41) is 10.5. The standard InChI is InChI=1S/C65H126O17P2/c1-9-58(8)44-36-28-23-24-30-38-46-63(68)76-52-61(81-64(69)47-39-31-20-14-12-10-11-13-17-25-33-41-55(2)3)54-80-84(73,74)78-50-59(66)49-77-83(71,72)79-53-60(82-65(70)48-40-32-22-16-19-27-35-43-57(6)7)51-75-62(67)45-37-29-21-15-18-26-34-42-56(4)5/h55-61,66H,9-54H2,1-8H3,(H,71,72)(H,73,74)/t58?,59-,60-,61-/m1/s1. The van der Waals surface area contributed by atoms with Gasteiger partial charge in [0.2, 0.25) is 0 Å². The van der Waals surface area contributed by atoms with Crippen molar-refractivity contribution >= 4 is 39.5 Å². The van der Waals surface area contributed by atoms with E-state index in [9.17, 15) is 43.2 Å². The second-order valence-corrected chi connectivity index (χ2v) is 28.1. The zero-order chi connectivity index (χ0) is 62.5. The average Bonchev–Trinajstić information content (AvgIpc) is 3.49. The number of rotatable bonds is 62. The number of hydrogen-bond donors (Lipinski definition) is 3. The van der Waals surface area contributed by atoms with Gasteiger partial charge in [0.05, 0.1) is 26.4 Å². The van der Waals surface area contributed by atoms with Crippen molar-refractivity contribution in [3.05, 3.63) is 0 Å². The maximum absolute atomic E-state index is 13.0. The summed E-state index contributed by atoms with van der Waals surface area (Å²) in [5.74, 6) is 0.757. The van der Waals surface area contributed by atoms with Crippen LogP contribution in [-0.4, -0.2) is 96.7 Å². The summed E-state index contributed by atoms with van der Waals surface area (Å²) in [6.45, 7) is 13.9. The van der Waals surface area contributed by atoms with Gasteiger partial charge in [-0.15, -0.1) is 0 Å². The minimum Gasteiger partial charge on any atom is -0.462 e. The molecule has 0 aliphatic carbocycles. The number of esters is 4. The number of phosphoric ester groups is 2. The molecule has 498 valence electrons. The summed E-state index contributed by atoms with van der Waals surface area (Å²) >= 11 is 0. The number of aliphatic hydroxyl groups excluding tert-OH is 1. The quantitative estimate of drug-likeness (QED) is 0.0222. The molecule has 0 spiro atoms. The second kappa shape index (κ2) is 55.2. The average molecular weight is 1240 g/mol. The molecule has 0 bridgehead atoms. The molecule has 3 unspecified atom stereocenters. The molecule has 0 heterocycles. The van der Waals surface area contributed by atoms with Gasteiger partial charge in [0.15, 0.2) is 12.2 Å². The highest BCUT2D eigenvalue weighted by atomic mass is 31.2. The van der Waals surface area contributed by atoms with Crippen LogP contribution in [0.2, 0.25) is 0 Å². The Morgan fingerprint density at radius 2 is 0.571 bits per heavy atom. The smallest absolute Gasteiger partial charge is 0.462 e. The fourth-order valence-electron chi connectivity index (χ4n) is 9.57. The number of hydrogen-bond acceptors (Lipinski definition) is 15. The molecule has 0 aromatic rings. The van der Waals surface area contributed by atoms with Crippen LogP contribution in [0.25, 0.3) is 0 Å². The minimum atomic E-state index is -4.95. The Bertz CT molecular complexity index is 1680. The number of carbonyl (C=O) groups is 4. The van der Waals surface area contributed by atoms with Crippen molar-refractivity contribution in [3.8, 4) is 0 Å². The van der Waals surface area contributed by atoms with Gasteiger partial charge >= 0.3 is 39.5 Å². The van der Waals surface area contributed by atoms with Crippen molar-refractivity contribution in [1.82, 2.24) is 0 Å². The van der Waals surface area contributed by atoms with Gasteiger partial charge in [-0.3, -0.25) is 37.3 Å². The Morgan fingerprint density at radius 1 is 0.333 bits per heavy atom. The van der Waals surface area contributed by atoms with Gasteiger partial charge in [0.1, 0.15) is 19.3 Å². The second-order valence-electron chi connectivity index (χ2n) is 25.2. The normalized spacial score (nSPS) is 14.7. The SMILES string of the molecule is CCC(C)CCCCCCCCC(=O)OC[C@H](COP(=O)(O)OC[C@H](O)COP(=O)(O)OC[C@@H](COC(=O)CCCCCCCCCC(C)C)OC(=O)CCCCCCCCCC(C)C)OC(=O)CCCCCCCCCCCCCC(C)C. The first-order chi connectivity index (χ1) is 40.1. The molecule has 0 rings (SSSR count). The van der Waals surface area contributed by atoms with Crippen LogP contribution >= 0.6 is 15.6 Å². The van der Waals surface area contributed by atoms with Crippen LogP contribution in [0.4, 0.5) is 0 Å². The molecule has 0 amide bonds. The van der Waals surface area contributed by atoms with E-state index in [4.69, 9.17) is 37.0 Å². The van der Waals surface area contributed by atoms with Crippen molar-refractivity contribution in [2.45, 2.75) is 331 Å². The van der Waals surface area contributed by atoms with Crippen molar-refractivity contribution in [2.75, 3.05) is 39.6 Å². The Morgan fingerprint density at radius 3 is 0.845 bits per heavy atom. The van der Waals surface area contributed by atoms with Crippen LogP contribution < -0.4 is 0 Å². The molecule has 3 N–H and O–H groups in total. The largest absolute Gasteiger partial charge is 0.472 e. The predicted octanol–water partition coefficient (Wildman–Crippen LogP) is 17.8. The molecule has 6 atom stereocenters. The van der Waals surface area contributed by atoms with Gasteiger partial charge in [-0.1, -0.05) is 261 Å². The number of phosphoric acid groups is 2. The highest BCUT2D eigenvalue weighted by Gasteiger charge is 2.30. The first kappa shape index (κ1) is 82.1. The molecule has 0 saturated carbocycles. The van der Waals surface area contributed by atoms with Crippen LogP contribution in [0, 0.1) is 23.7 Å². The van der Waals surface area contributed by atoms with Crippen molar-refractivity contribution in [2.24, 2.45) is 23.7 Å². The van der Waals surface area contributed by atoms with Gasteiger partial charge in [-0.05, 0) is 49.4 Å². The van der Waals surface area contributed by atoms with Crippen LogP contribution in [-0.2, 0) is 65.4 Å². The highest BCUT2D eigenvalue weighted by molar-refractivity contribution is 7.47. The van der Waals surface area contributed by atoms with Gasteiger partial charge in [-0.25, -0.2) is 9.13 Å². The van der Waals surface area contributed by atoms with Crippen LogP contribution in [0.15, 0.2) is 0 Å². The molecular formula is C65H126O17P2. The van der Waals surface area contributed by atoms with Crippen LogP contribution in [0.1, 0.15) is 312 Å². The van der Waals surface area contributed by atoms with Crippen LogP contribution in [0.3, 0.4) is 0 Å². The molecule has 0 aliphatic rings. The van der Waals surface area contributed by atoms with E-state index < -0.39 is 97.5 Å². The van der Waals surface area contributed by atoms with E-state index in [1.807, 2.05) is 0 Å². The lowest BCUT2D eigenvalue weighted by Gasteiger charge is -2.21. The summed E-state index contributed by atoms with van der Waals surface area (Å²) in [4.78, 5) is 72.2. The van der Waals surface area contributed by atoms with Gasteiger partial charge < -0.3 is 33.8 Å². The number of ether oxygens (including phenoxy) is 4. The predicted molar refractivity (Wildman–Crippen MR) is 335 cm³/mol. The van der Waals surface area contributed by atoms with E-state index in [2.05, 4.69) is 55.4 Å². The number of unbranched alkanes of at least 4 members (excludes halogenated alkanes) is 27. The Hall–Kier alpha value is -1.94. The van der Waals surface area contributed by atoms with E-state index in [1.54, 1.807) is 0 Å². The van der Waals surface area contributed by atoms with Gasteiger partial charge in [0.25, 0.3) is 0 Å². The minimum absolute atomic E-state index is 0.102. The third-order valence-electron chi connectivity index (χ3n) is 15.2. The van der Waals surface area contributed by atoms with E-state index in [0.717, 1.165) is 115 Å². The molecule has 0 aromatic heterocycles. The zero-order valence-corrected chi connectivity index (χ0v) is 56.3. The van der Waals surface area contributed by atoms with Crippen molar-refractivity contribution in [1.29, 1.82) is 0 Å². The number of aliphatic hydroxyl groups is 1. The molecule has 0 fully saturated rings. The molecule has 0 saturated heterocycles. The first-order valence-electron chi connectivity index (χ1n) is 33.7. The first-order valence-corrected chi connectivity index (χ1v) is 36.7. The van der Waals surface area contributed by atoms with Gasteiger partial charge in [-0.2, -0.15) is 0 Å². The molecule has 17 nitrogen and oxygen atoms in total. The topological polar surface area (TPSA) is 237 Å². The third kappa shape index (κ3) is 57.8. The Labute approximate surface area is 511 Å². The third-order valence-corrected chi connectivity index (χ3v) is 17.1. The maximum atomic E-state index is 13.0. The maximum Gasteiger partial charge on any atom is 0.472 e. The van der Waals surface area contributed by atoms with Crippen LogP contribution in [0.5, 0.6) is 0 Å². The lowest BCUT2D eigenvalue weighted by Crippen LogP contribution is -2.30. The van der Waals surface area contributed by atoms with Crippen molar-refractivity contribution in [3.63, 3.8) is 0 Å². The summed E-state index contributed by atoms with van der Waals surface area (Å²) < 4.78 is 68.0. The fourth-order valence-corrected chi connectivity index (χ4v) is 11.2. The van der Waals surface area contributed by atoms with E-state index in [-0.39, 0.29) is 25.7 Å².